The molecule has 2 rings (SSSR count). The maximum absolute atomic E-state index is 11.0. The summed E-state index contributed by atoms with van der Waals surface area (Å²) >= 11 is 0. The fourth-order valence-corrected chi connectivity index (χ4v) is 1.64. The molecule has 19 heavy (non-hydrogen) atoms. The number of rotatable bonds is 4. The van der Waals surface area contributed by atoms with Crippen LogP contribution in [0.1, 0.15) is 5.56 Å². The van der Waals surface area contributed by atoms with E-state index in [2.05, 4.69) is 10.1 Å². The predicted molar refractivity (Wildman–Crippen MR) is 77.2 cm³/mol. The maximum Gasteiger partial charge on any atom is 0.330 e. The van der Waals surface area contributed by atoms with Crippen LogP contribution in [0.25, 0.3) is 6.08 Å². The molecule has 0 saturated heterocycles. The smallest absolute Gasteiger partial charge is 0.330 e. The van der Waals surface area contributed by atoms with Crippen LogP contribution in [-0.2, 0) is 9.53 Å². The lowest BCUT2D eigenvalue weighted by molar-refractivity contribution is -0.134. The van der Waals surface area contributed by atoms with Crippen LogP contribution >= 0.6 is 0 Å². The van der Waals surface area contributed by atoms with Crippen LogP contribution in [0.3, 0.4) is 0 Å². The van der Waals surface area contributed by atoms with Crippen molar-refractivity contribution in [2.24, 2.45) is 0 Å². The summed E-state index contributed by atoms with van der Waals surface area (Å²) in [6.07, 6.45) is 3.13. The second-order valence-electron chi connectivity index (χ2n) is 3.97. The Bertz CT molecular complexity index is 576. The highest BCUT2D eigenvalue weighted by Crippen LogP contribution is 2.17. The van der Waals surface area contributed by atoms with Gasteiger partial charge in [-0.15, -0.1) is 0 Å². The minimum absolute atomic E-state index is 0.360. The van der Waals surface area contributed by atoms with Crippen molar-refractivity contribution in [2.45, 2.75) is 0 Å². The van der Waals surface area contributed by atoms with Crippen molar-refractivity contribution in [2.75, 3.05) is 12.4 Å². The van der Waals surface area contributed by atoms with Crippen molar-refractivity contribution < 1.29 is 9.53 Å². The molecule has 2 aromatic carbocycles. The largest absolute Gasteiger partial charge is 0.466 e. The molecular weight excluding hydrogens is 238 g/mol. The Labute approximate surface area is 112 Å². The second kappa shape index (κ2) is 6.40. The Morgan fingerprint density at radius 1 is 1.05 bits per heavy atom. The van der Waals surface area contributed by atoms with Crippen LogP contribution in [0.5, 0.6) is 0 Å². The normalized spacial score (nSPS) is 10.4. The zero-order valence-electron chi connectivity index (χ0n) is 10.7. The van der Waals surface area contributed by atoms with Crippen LogP contribution in [-0.4, -0.2) is 13.1 Å². The van der Waals surface area contributed by atoms with Gasteiger partial charge in [0.25, 0.3) is 0 Å². The summed E-state index contributed by atoms with van der Waals surface area (Å²) in [6.45, 7) is 0. The lowest BCUT2D eigenvalue weighted by atomic mass is 10.2. The third kappa shape index (κ3) is 4.00. The fraction of sp³-hybridized carbons (Fsp3) is 0.0625. The monoisotopic (exact) mass is 253 g/mol. The van der Waals surface area contributed by atoms with Crippen LogP contribution in [0, 0.1) is 0 Å². The summed E-state index contributed by atoms with van der Waals surface area (Å²) in [4.78, 5) is 11.0. The van der Waals surface area contributed by atoms with E-state index in [0.29, 0.717) is 0 Å². The van der Waals surface area contributed by atoms with Gasteiger partial charge in [-0.1, -0.05) is 30.3 Å². The minimum Gasteiger partial charge on any atom is -0.466 e. The Morgan fingerprint density at radius 2 is 1.79 bits per heavy atom. The fourth-order valence-electron chi connectivity index (χ4n) is 1.64. The first kappa shape index (κ1) is 12.9. The molecule has 0 aromatic heterocycles. The highest BCUT2D eigenvalue weighted by Gasteiger charge is 1.96. The van der Waals surface area contributed by atoms with Crippen molar-refractivity contribution >= 4 is 23.4 Å². The molecule has 0 fully saturated rings. The Hall–Kier alpha value is -2.55. The molecule has 0 bridgehead atoms. The number of nitrogens with one attached hydrogen (secondary N) is 1. The summed E-state index contributed by atoms with van der Waals surface area (Å²) < 4.78 is 4.56. The van der Waals surface area contributed by atoms with E-state index in [-0.39, 0.29) is 5.97 Å². The molecule has 0 aliphatic carbocycles. The highest BCUT2D eigenvalue weighted by molar-refractivity contribution is 5.87. The molecule has 3 nitrogen and oxygen atoms in total. The lowest BCUT2D eigenvalue weighted by Crippen LogP contribution is -1.93. The van der Waals surface area contributed by atoms with Gasteiger partial charge in [-0.05, 0) is 35.9 Å². The molecule has 2 aromatic rings. The van der Waals surface area contributed by atoms with Gasteiger partial charge >= 0.3 is 5.97 Å². The van der Waals surface area contributed by atoms with E-state index in [1.807, 2.05) is 54.6 Å². The van der Waals surface area contributed by atoms with Gasteiger partial charge in [-0.3, -0.25) is 0 Å². The van der Waals surface area contributed by atoms with Gasteiger partial charge in [0.1, 0.15) is 0 Å². The van der Waals surface area contributed by atoms with Crippen molar-refractivity contribution in [3.63, 3.8) is 0 Å². The number of ether oxygens (including phenoxy) is 1. The van der Waals surface area contributed by atoms with Crippen LogP contribution < -0.4 is 5.32 Å². The first-order chi connectivity index (χ1) is 9.28. The Kier molecular flexibility index (Phi) is 4.34. The summed E-state index contributed by atoms with van der Waals surface area (Å²) in [5.41, 5.74) is 2.93. The van der Waals surface area contributed by atoms with Crippen molar-refractivity contribution in [1.82, 2.24) is 0 Å². The SMILES string of the molecule is COC(=O)C=Cc1cccc(Nc2ccccc2)c1. The molecule has 0 heterocycles. The number of esters is 1. The molecule has 96 valence electrons. The topological polar surface area (TPSA) is 38.3 Å². The zero-order valence-corrected chi connectivity index (χ0v) is 10.7. The van der Waals surface area contributed by atoms with E-state index < -0.39 is 0 Å². The first-order valence-corrected chi connectivity index (χ1v) is 5.96. The van der Waals surface area contributed by atoms with E-state index in [4.69, 9.17) is 0 Å². The van der Waals surface area contributed by atoms with Crippen molar-refractivity contribution in [1.29, 1.82) is 0 Å². The Morgan fingerprint density at radius 3 is 2.53 bits per heavy atom. The van der Waals surface area contributed by atoms with Gasteiger partial charge in [-0.2, -0.15) is 0 Å². The van der Waals surface area contributed by atoms with Gasteiger partial charge in [-0.25, -0.2) is 4.79 Å². The van der Waals surface area contributed by atoms with Gasteiger partial charge in [0.2, 0.25) is 0 Å². The van der Waals surface area contributed by atoms with Gasteiger partial charge in [0.15, 0.2) is 0 Å². The molecule has 0 radical (unpaired) electrons. The molecule has 0 aliphatic rings. The number of carbonyl (C=O) groups is 1. The van der Waals surface area contributed by atoms with E-state index in [0.717, 1.165) is 16.9 Å². The summed E-state index contributed by atoms with van der Waals surface area (Å²) in [5.74, 6) is -0.360. The number of methoxy groups -OCH3 is 1. The molecule has 0 atom stereocenters. The molecule has 0 unspecified atom stereocenters. The summed E-state index contributed by atoms with van der Waals surface area (Å²) in [6, 6.07) is 17.7. The minimum atomic E-state index is -0.360. The molecule has 0 amide bonds. The standard InChI is InChI=1S/C16H15NO2/c1-19-16(18)11-10-13-6-5-9-15(12-13)17-14-7-3-2-4-8-14/h2-12,17H,1H3. The lowest BCUT2D eigenvalue weighted by Gasteiger charge is -2.06. The number of anilines is 2. The van der Waals surface area contributed by atoms with Crippen molar-refractivity contribution in [3.8, 4) is 0 Å². The third-order valence-corrected chi connectivity index (χ3v) is 2.56. The zero-order chi connectivity index (χ0) is 13.5. The number of para-hydroxylation sites is 1. The molecule has 1 N–H and O–H groups in total. The van der Waals surface area contributed by atoms with Gasteiger partial charge in [0, 0.05) is 17.5 Å². The number of hydrogen-bond donors (Lipinski definition) is 1. The number of hydrogen-bond acceptors (Lipinski definition) is 3. The molecular formula is C16H15NO2. The van der Waals surface area contributed by atoms with Crippen LogP contribution in [0.2, 0.25) is 0 Å². The second-order valence-corrected chi connectivity index (χ2v) is 3.97. The van der Waals surface area contributed by atoms with E-state index in [1.54, 1.807) is 6.08 Å². The van der Waals surface area contributed by atoms with E-state index in [1.165, 1.54) is 13.2 Å². The first-order valence-electron chi connectivity index (χ1n) is 5.96. The molecule has 0 aliphatic heterocycles. The number of benzene rings is 2. The third-order valence-electron chi connectivity index (χ3n) is 2.56. The van der Waals surface area contributed by atoms with Crippen LogP contribution in [0.15, 0.2) is 60.7 Å². The van der Waals surface area contributed by atoms with Gasteiger partial charge < -0.3 is 10.1 Å². The van der Waals surface area contributed by atoms with Gasteiger partial charge in [0.05, 0.1) is 7.11 Å². The quantitative estimate of drug-likeness (QED) is 0.668. The summed E-state index contributed by atoms with van der Waals surface area (Å²) in [5, 5.41) is 3.30. The van der Waals surface area contributed by atoms with E-state index in [9.17, 15) is 4.79 Å². The Balaban J connectivity index is 2.11. The van der Waals surface area contributed by atoms with Crippen molar-refractivity contribution in [3.05, 3.63) is 66.2 Å². The summed E-state index contributed by atoms with van der Waals surface area (Å²) in [7, 11) is 1.36. The highest BCUT2D eigenvalue weighted by atomic mass is 16.5. The molecule has 3 heteroatoms. The van der Waals surface area contributed by atoms with E-state index >= 15 is 0 Å². The van der Waals surface area contributed by atoms with Crippen LogP contribution in [0.4, 0.5) is 11.4 Å². The average molecular weight is 253 g/mol. The predicted octanol–water partition coefficient (Wildman–Crippen LogP) is 3.62. The number of carbonyl (C=O) groups excluding carboxylic acids is 1. The maximum atomic E-state index is 11.0. The molecule has 0 spiro atoms. The molecule has 0 saturated carbocycles. The average Bonchev–Trinajstić information content (AvgIpc) is 2.46.